The van der Waals surface area contributed by atoms with Crippen molar-refractivity contribution in [3.63, 3.8) is 0 Å². The van der Waals surface area contributed by atoms with Crippen molar-refractivity contribution in [1.82, 2.24) is 15.3 Å². The third-order valence-corrected chi connectivity index (χ3v) is 5.49. The Balaban J connectivity index is 0.000000212. The van der Waals surface area contributed by atoms with E-state index in [4.69, 9.17) is 15.9 Å². The summed E-state index contributed by atoms with van der Waals surface area (Å²) in [6, 6.07) is 11.8. The average molecular weight is 466 g/mol. The van der Waals surface area contributed by atoms with Gasteiger partial charge < -0.3 is 36.3 Å². The van der Waals surface area contributed by atoms with Crippen LogP contribution in [0.5, 0.6) is 11.5 Å². The summed E-state index contributed by atoms with van der Waals surface area (Å²) in [7, 11) is 0. The minimum Gasteiger partial charge on any atom is -0.508 e. The first kappa shape index (κ1) is 24.2. The van der Waals surface area contributed by atoms with E-state index in [1.54, 1.807) is 24.3 Å². The summed E-state index contributed by atoms with van der Waals surface area (Å²) in [5.74, 6) is -1.73. The number of hydrogen-bond acceptors (Lipinski definition) is 5. The minimum atomic E-state index is -1.00. The predicted octanol–water partition coefficient (Wildman–Crippen LogP) is 3.08. The molecule has 0 fully saturated rings. The number of H-pyrrole nitrogens is 2. The number of aromatic amines is 2. The summed E-state index contributed by atoms with van der Waals surface area (Å²) in [5, 5.41) is 31.3. The van der Waals surface area contributed by atoms with E-state index in [9.17, 15) is 19.5 Å². The van der Waals surface area contributed by atoms with Gasteiger partial charge >= 0.3 is 5.97 Å². The number of primary amides is 1. The van der Waals surface area contributed by atoms with Crippen LogP contribution in [-0.2, 0) is 4.79 Å². The molecule has 0 aliphatic rings. The smallest absolute Gasteiger partial charge is 0.352 e. The fourth-order valence-corrected chi connectivity index (χ4v) is 3.43. The van der Waals surface area contributed by atoms with Crippen molar-refractivity contribution in [2.75, 3.05) is 0 Å². The van der Waals surface area contributed by atoms with Crippen LogP contribution in [-0.4, -0.2) is 49.1 Å². The van der Waals surface area contributed by atoms with Gasteiger partial charge in [0, 0.05) is 21.8 Å². The maximum Gasteiger partial charge on any atom is 0.352 e. The van der Waals surface area contributed by atoms with Crippen LogP contribution < -0.4 is 11.1 Å². The maximum atomic E-state index is 12.2. The molecular formula is C24H26N4O6. The summed E-state index contributed by atoms with van der Waals surface area (Å²) >= 11 is 0. The van der Waals surface area contributed by atoms with Crippen LogP contribution in [0.1, 0.15) is 41.2 Å². The molecule has 0 spiro atoms. The number of phenols is 2. The highest BCUT2D eigenvalue weighted by Crippen LogP contribution is 2.21. The molecule has 8 N–H and O–H groups in total. The summed E-state index contributed by atoms with van der Waals surface area (Å²) < 4.78 is 0. The molecule has 10 heteroatoms. The van der Waals surface area contributed by atoms with E-state index in [2.05, 4.69) is 15.3 Å². The second-order valence-corrected chi connectivity index (χ2v) is 7.95. The van der Waals surface area contributed by atoms with Gasteiger partial charge in [0.15, 0.2) is 0 Å². The second-order valence-electron chi connectivity index (χ2n) is 7.95. The van der Waals surface area contributed by atoms with Gasteiger partial charge in [-0.15, -0.1) is 0 Å². The van der Waals surface area contributed by atoms with E-state index in [1.165, 1.54) is 24.3 Å². The summed E-state index contributed by atoms with van der Waals surface area (Å²) in [5.41, 5.74) is 7.22. The Morgan fingerprint density at radius 1 is 0.912 bits per heavy atom. The number of nitrogens with one attached hydrogen (secondary N) is 3. The minimum absolute atomic E-state index is 0.0418. The number of rotatable bonds is 6. The second kappa shape index (κ2) is 9.99. The van der Waals surface area contributed by atoms with E-state index in [0.29, 0.717) is 16.6 Å². The molecule has 0 bridgehead atoms. The van der Waals surface area contributed by atoms with E-state index >= 15 is 0 Å². The normalized spacial score (nSPS) is 12.5. The van der Waals surface area contributed by atoms with Crippen LogP contribution in [0.3, 0.4) is 0 Å². The molecule has 0 saturated carbocycles. The van der Waals surface area contributed by atoms with Gasteiger partial charge in [0.2, 0.25) is 5.91 Å². The Morgan fingerprint density at radius 2 is 1.41 bits per heavy atom. The van der Waals surface area contributed by atoms with Crippen molar-refractivity contribution in [3.05, 3.63) is 59.9 Å². The fraction of sp³-hybridized carbons (Fsp3) is 0.208. The fourth-order valence-electron chi connectivity index (χ4n) is 3.43. The quantitative estimate of drug-likeness (QED) is 0.229. The van der Waals surface area contributed by atoms with E-state index < -0.39 is 23.8 Å². The van der Waals surface area contributed by atoms with Crippen molar-refractivity contribution in [2.24, 2.45) is 11.7 Å². The molecular weight excluding hydrogens is 440 g/mol. The number of phenolic OH excluding ortho intramolecular Hbond substituents is 2. The molecule has 4 aromatic rings. The maximum absolute atomic E-state index is 12.2. The molecule has 0 saturated heterocycles. The number of carboxylic acids is 1. The van der Waals surface area contributed by atoms with Gasteiger partial charge in [0.05, 0.1) is 0 Å². The summed E-state index contributed by atoms with van der Waals surface area (Å²) in [6.45, 7) is 3.79. The molecule has 2 heterocycles. The summed E-state index contributed by atoms with van der Waals surface area (Å²) in [6.07, 6.45) is 0.731. The Kier molecular flexibility index (Phi) is 7.10. The molecule has 0 aliphatic carbocycles. The number of carboxylic acid groups (broad SMARTS) is 1. The zero-order chi connectivity index (χ0) is 25.0. The van der Waals surface area contributed by atoms with Crippen molar-refractivity contribution in [2.45, 2.75) is 26.3 Å². The number of aromatic carboxylic acids is 1. The number of fused-ring (bicyclic) bond motifs is 2. The monoisotopic (exact) mass is 466 g/mol. The van der Waals surface area contributed by atoms with Gasteiger partial charge in [-0.3, -0.25) is 9.59 Å². The number of benzene rings is 2. The van der Waals surface area contributed by atoms with Gasteiger partial charge in [0.1, 0.15) is 28.9 Å². The highest BCUT2D eigenvalue weighted by atomic mass is 16.4. The first-order valence-corrected chi connectivity index (χ1v) is 10.6. The van der Waals surface area contributed by atoms with Crippen molar-refractivity contribution in [1.29, 1.82) is 0 Å². The number of aromatic nitrogens is 2. The Hall–Kier alpha value is -4.47. The highest BCUT2D eigenvalue weighted by molar-refractivity contribution is 6.00. The van der Waals surface area contributed by atoms with Gasteiger partial charge in [-0.25, -0.2) is 4.79 Å². The molecule has 2 aromatic carbocycles. The third kappa shape index (κ3) is 5.47. The first-order valence-electron chi connectivity index (χ1n) is 10.6. The van der Waals surface area contributed by atoms with Gasteiger partial charge in [-0.2, -0.15) is 0 Å². The highest BCUT2D eigenvalue weighted by Gasteiger charge is 2.24. The summed E-state index contributed by atoms with van der Waals surface area (Å²) in [4.78, 5) is 39.9. The lowest BCUT2D eigenvalue weighted by Gasteiger charge is -2.20. The van der Waals surface area contributed by atoms with E-state index in [1.807, 2.05) is 13.8 Å². The lowest BCUT2D eigenvalue weighted by molar-refractivity contribution is -0.120. The number of carbonyl (C=O) groups excluding carboxylic acids is 2. The average Bonchev–Trinajstić information content (AvgIpc) is 3.40. The molecule has 10 nitrogen and oxygen atoms in total. The number of carbonyl (C=O) groups is 3. The van der Waals surface area contributed by atoms with Crippen LogP contribution in [0, 0.1) is 5.92 Å². The zero-order valence-corrected chi connectivity index (χ0v) is 18.6. The Bertz CT molecular complexity index is 1360. The molecule has 0 aliphatic heterocycles. The van der Waals surface area contributed by atoms with Crippen LogP contribution in [0.25, 0.3) is 21.8 Å². The molecule has 2 aromatic heterocycles. The number of nitrogens with two attached hydrogens (primary N) is 1. The molecule has 34 heavy (non-hydrogen) atoms. The standard InChI is InChI=1S/C15H19N3O3.C9H7NO3/c1-3-8(2)13(14(16)20)18-15(21)12-7-9-6-10(19)4-5-11(9)17-12;11-6-1-2-7-5(3-6)4-8(10-7)9(12)13/h4-8,13,17,19H,3H2,1-2H3,(H2,16,20)(H,18,21);1-4,10-11H,(H,12,13). The topological polar surface area (TPSA) is 182 Å². The van der Waals surface area contributed by atoms with Gasteiger partial charge in [0.25, 0.3) is 5.91 Å². The Labute approximate surface area is 194 Å². The first-order chi connectivity index (χ1) is 16.1. The van der Waals surface area contributed by atoms with E-state index in [-0.39, 0.29) is 23.1 Å². The Morgan fingerprint density at radius 3 is 1.88 bits per heavy atom. The van der Waals surface area contributed by atoms with Gasteiger partial charge in [-0.05, 0) is 54.4 Å². The molecule has 2 amide bonds. The van der Waals surface area contributed by atoms with Crippen LogP contribution in [0.2, 0.25) is 0 Å². The molecule has 0 radical (unpaired) electrons. The molecule has 2 unspecified atom stereocenters. The molecule has 178 valence electrons. The SMILES string of the molecule is CCC(C)C(NC(=O)c1cc2cc(O)ccc2[nH]1)C(N)=O.O=C(O)c1cc2cc(O)ccc2[nH]1. The van der Waals surface area contributed by atoms with Crippen molar-refractivity contribution < 1.29 is 29.7 Å². The molecule has 2 atom stereocenters. The van der Waals surface area contributed by atoms with Crippen LogP contribution in [0.4, 0.5) is 0 Å². The number of amides is 2. The lowest BCUT2D eigenvalue weighted by atomic mass is 9.98. The van der Waals surface area contributed by atoms with E-state index in [0.717, 1.165) is 17.3 Å². The molecule has 4 rings (SSSR count). The zero-order valence-electron chi connectivity index (χ0n) is 18.6. The van der Waals surface area contributed by atoms with Crippen LogP contribution >= 0.6 is 0 Å². The van der Waals surface area contributed by atoms with Crippen LogP contribution in [0.15, 0.2) is 48.5 Å². The number of aromatic hydroxyl groups is 2. The lowest BCUT2D eigenvalue weighted by Crippen LogP contribution is -2.48. The number of hydrogen-bond donors (Lipinski definition) is 7. The largest absolute Gasteiger partial charge is 0.508 e. The van der Waals surface area contributed by atoms with Crippen molar-refractivity contribution in [3.8, 4) is 11.5 Å². The van der Waals surface area contributed by atoms with Gasteiger partial charge in [-0.1, -0.05) is 20.3 Å². The predicted molar refractivity (Wildman–Crippen MR) is 127 cm³/mol. The van der Waals surface area contributed by atoms with Crippen molar-refractivity contribution >= 4 is 39.6 Å². The third-order valence-electron chi connectivity index (χ3n) is 5.49.